The molecule has 1 fully saturated rings. The van der Waals surface area contributed by atoms with Crippen molar-refractivity contribution in [1.82, 2.24) is 10.3 Å². The fourth-order valence-electron chi connectivity index (χ4n) is 2.06. The first-order chi connectivity index (χ1) is 9.11. The molecule has 1 saturated heterocycles. The van der Waals surface area contributed by atoms with E-state index in [-0.39, 0.29) is 11.8 Å². The molecule has 1 atom stereocenters. The van der Waals surface area contributed by atoms with Gasteiger partial charge in [0.25, 0.3) is 0 Å². The van der Waals surface area contributed by atoms with Gasteiger partial charge >= 0.3 is 5.69 Å². The number of halogens is 1. The first-order valence-corrected chi connectivity index (χ1v) is 6.72. The lowest BCUT2D eigenvalue weighted by Gasteiger charge is -2.33. The van der Waals surface area contributed by atoms with Crippen LogP contribution in [-0.4, -0.2) is 49.3 Å². The topological polar surface area (TPSA) is 80.5 Å². The fraction of sp³-hybridized carbons (Fsp3) is 0.545. The van der Waals surface area contributed by atoms with E-state index >= 15 is 0 Å². The highest BCUT2D eigenvalue weighted by Gasteiger charge is 2.27. The smallest absolute Gasteiger partial charge is 0.312 e. The largest absolute Gasteiger partial charge is 0.373 e. The van der Waals surface area contributed by atoms with Crippen LogP contribution in [0.15, 0.2) is 16.7 Å². The molecule has 2 heterocycles. The van der Waals surface area contributed by atoms with Gasteiger partial charge in [-0.05, 0) is 23.0 Å². The van der Waals surface area contributed by atoms with E-state index in [1.54, 1.807) is 6.20 Å². The summed E-state index contributed by atoms with van der Waals surface area (Å²) in [5.74, 6) is 0.401. The van der Waals surface area contributed by atoms with Gasteiger partial charge in [-0.1, -0.05) is 0 Å². The van der Waals surface area contributed by atoms with Gasteiger partial charge in [0.2, 0.25) is 5.82 Å². The molecular weight excluding hydrogens is 316 g/mol. The molecule has 0 amide bonds. The second kappa shape index (κ2) is 6.27. The molecule has 0 saturated carbocycles. The highest BCUT2D eigenvalue weighted by atomic mass is 79.9. The minimum Gasteiger partial charge on any atom is -0.373 e. The molecule has 0 radical (unpaired) electrons. The summed E-state index contributed by atoms with van der Waals surface area (Å²) in [6.07, 6.45) is 1.59. The first-order valence-electron chi connectivity index (χ1n) is 5.93. The summed E-state index contributed by atoms with van der Waals surface area (Å²) < 4.78 is 6.18. The number of hydrogen-bond donors (Lipinski definition) is 1. The molecule has 2 rings (SSSR count). The second-order valence-electron chi connectivity index (χ2n) is 4.25. The Bertz CT molecular complexity index is 469. The average molecular weight is 331 g/mol. The summed E-state index contributed by atoms with van der Waals surface area (Å²) in [5, 5.41) is 14.1. The monoisotopic (exact) mass is 330 g/mol. The minimum atomic E-state index is -0.407. The Morgan fingerprint density at radius 1 is 1.74 bits per heavy atom. The van der Waals surface area contributed by atoms with Crippen LogP contribution in [0.2, 0.25) is 0 Å². The van der Waals surface area contributed by atoms with E-state index in [2.05, 4.69) is 26.2 Å². The van der Waals surface area contributed by atoms with Gasteiger partial charge in [-0.2, -0.15) is 0 Å². The van der Waals surface area contributed by atoms with Crippen LogP contribution >= 0.6 is 15.9 Å². The zero-order valence-electron chi connectivity index (χ0n) is 10.5. The van der Waals surface area contributed by atoms with Crippen LogP contribution in [0.3, 0.4) is 0 Å². The molecular formula is C11H15BrN4O3. The van der Waals surface area contributed by atoms with Crippen molar-refractivity contribution in [2.75, 3.05) is 38.2 Å². The Kier molecular flexibility index (Phi) is 4.67. The van der Waals surface area contributed by atoms with E-state index in [0.29, 0.717) is 36.5 Å². The van der Waals surface area contributed by atoms with Gasteiger partial charge in [-0.15, -0.1) is 0 Å². The normalized spacial score (nSPS) is 19.5. The maximum absolute atomic E-state index is 11.1. The number of aromatic nitrogens is 1. The zero-order chi connectivity index (χ0) is 13.8. The van der Waals surface area contributed by atoms with Crippen molar-refractivity contribution < 1.29 is 9.66 Å². The van der Waals surface area contributed by atoms with E-state index in [9.17, 15) is 10.1 Å². The van der Waals surface area contributed by atoms with E-state index in [1.807, 2.05) is 11.9 Å². The second-order valence-corrected chi connectivity index (χ2v) is 5.17. The third-order valence-corrected chi connectivity index (χ3v) is 3.31. The van der Waals surface area contributed by atoms with Crippen molar-refractivity contribution in [2.24, 2.45) is 0 Å². The SMILES string of the molecule is CNCC1CN(c2ncc(Br)cc2[N+](=O)[O-])CCO1. The molecule has 19 heavy (non-hydrogen) atoms. The van der Waals surface area contributed by atoms with E-state index in [4.69, 9.17) is 4.74 Å². The van der Waals surface area contributed by atoms with Crippen LogP contribution in [0.1, 0.15) is 0 Å². The van der Waals surface area contributed by atoms with Gasteiger partial charge in [0.1, 0.15) is 0 Å². The highest BCUT2D eigenvalue weighted by Crippen LogP contribution is 2.29. The van der Waals surface area contributed by atoms with Gasteiger partial charge in [0, 0.05) is 36.4 Å². The van der Waals surface area contributed by atoms with Crippen molar-refractivity contribution in [1.29, 1.82) is 0 Å². The predicted octanol–water partition coefficient (Wildman–Crippen LogP) is 1.18. The van der Waals surface area contributed by atoms with Crippen molar-refractivity contribution in [2.45, 2.75) is 6.10 Å². The zero-order valence-corrected chi connectivity index (χ0v) is 12.1. The van der Waals surface area contributed by atoms with E-state index in [0.717, 1.165) is 0 Å². The molecule has 1 unspecified atom stereocenters. The molecule has 0 bridgehead atoms. The van der Waals surface area contributed by atoms with Crippen LogP contribution in [-0.2, 0) is 4.74 Å². The van der Waals surface area contributed by atoms with Crippen molar-refractivity contribution in [3.8, 4) is 0 Å². The number of ether oxygens (including phenoxy) is 1. The van der Waals surface area contributed by atoms with Gasteiger partial charge in [0.05, 0.1) is 17.6 Å². The number of morpholine rings is 1. The molecule has 8 heteroatoms. The molecule has 104 valence electrons. The average Bonchev–Trinajstić information content (AvgIpc) is 2.39. The predicted molar refractivity (Wildman–Crippen MR) is 74.5 cm³/mol. The Balaban J connectivity index is 2.23. The highest BCUT2D eigenvalue weighted by molar-refractivity contribution is 9.10. The van der Waals surface area contributed by atoms with Crippen molar-refractivity contribution in [3.05, 3.63) is 26.9 Å². The summed E-state index contributed by atoms with van der Waals surface area (Å²) in [6, 6.07) is 1.48. The molecule has 0 aliphatic carbocycles. The Morgan fingerprint density at radius 2 is 2.53 bits per heavy atom. The number of nitrogens with zero attached hydrogens (tertiary/aromatic N) is 3. The summed E-state index contributed by atoms with van der Waals surface area (Å²) in [5.41, 5.74) is 0.0134. The first kappa shape index (κ1) is 14.2. The standard InChI is InChI=1S/C11H15BrN4O3/c1-13-6-9-7-15(2-3-19-9)11-10(16(17)18)4-8(12)5-14-11/h4-5,9,13H,2-3,6-7H2,1H3. The minimum absolute atomic E-state index is 0.0134. The molecule has 1 aromatic heterocycles. The van der Waals surface area contributed by atoms with Crippen LogP contribution < -0.4 is 10.2 Å². The van der Waals surface area contributed by atoms with Gasteiger partial charge < -0.3 is 15.0 Å². The number of likely N-dealkylation sites (N-methyl/N-ethyl adjacent to an activating group) is 1. The lowest BCUT2D eigenvalue weighted by atomic mass is 10.2. The number of anilines is 1. The van der Waals surface area contributed by atoms with Gasteiger partial charge in [0.15, 0.2) is 0 Å². The fourth-order valence-corrected chi connectivity index (χ4v) is 2.38. The number of rotatable bonds is 4. The number of nitrogens with one attached hydrogen (secondary N) is 1. The maximum Gasteiger partial charge on any atom is 0.312 e. The van der Waals surface area contributed by atoms with Crippen molar-refractivity contribution in [3.63, 3.8) is 0 Å². The van der Waals surface area contributed by atoms with Gasteiger partial charge in [-0.25, -0.2) is 4.98 Å². The molecule has 7 nitrogen and oxygen atoms in total. The van der Waals surface area contributed by atoms with E-state index in [1.165, 1.54) is 6.07 Å². The van der Waals surface area contributed by atoms with Crippen molar-refractivity contribution >= 4 is 27.4 Å². The summed E-state index contributed by atoms with van der Waals surface area (Å²) in [4.78, 5) is 16.8. The van der Waals surface area contributed by atoms with E-state index < -0.39 is 4.92 Å². The third kappa shape index (κ3) is 3.40. The molecule has 0 spiro atoms. The Labute approximate surface area is 119 Å². The molecule has 1 aromatic rings. The molecule has 1 aliphatic heterocycles. The van der Waals surface area contributed by atoms with Crippen LogP contribution in [0.4, 0.5) is 11.5 Å². The molecule has 1 N–H and O–H groups in total. The summed E-state index contributed by atoms with van der Waals surface area (Å²) in [6.45, 7) is 2.45. The number of nitro groups is 1. The Morgan fingerprint density at radius 3 is 3.21 bits per heavy atom. The quantitative estimate of drug-likeness (QED) is 0.659. The number of pyridine rings is 1. The molecule has 0 aromatic carbocycles. The molecule has 1 aliphatic rings. The van der Waals surface area contributed by atoms with Crippen LogP contribution in [0.25, 0.3) is 0 Å². The number of hydrogen-bond acceptors (Lipinski definition) is 6. The third-order valence-electron chi connectivity index (χ3n) is 2.88. The Hall–Kier alpha value is -1.25. The van der Waals surface area contributed by atoms with Crippen LogP contribution in [0.5, 0.6) is 0 Å². The van der Waals surface area contributed by atoms with Crippen LogP contribution in [0, 0.1) is 10.1 Å². The lowest BCUT2D eigenvalue weighted by molar-refractivity contribution is -0.384. The summed E-state index contributed by atoms with van der Waals surface area (Å²) >= 11 is 3.21. The van der Waals surface area contributed by atoms with Gasteiger partial charge in [-0.3, -0.25) is 10.1 Å². The maximum atomic E-state index is 11.1. The lowest BCUT2D eigenvalue weighted by Crippen LogP contribution is -2.46. The summed E-state index contributed by atoms with van der Waals surface area (Å²) in [7, 11) is 1.85.